The van der Waals surface area contributed by atoms with Gasteiger partial charge in [0.1, 0.15) is 28.1 Å². The molecule has 10 aliphatic rings. The molecule has 13 unspecified atom stereocenters. The molecule has 11 nitrogen and oxygen atoms in total. The highest BCUT2D eigenvalue weighted by molar-refractivity contribution is 6.02. The standard InChI is InChI=1S/C53H61N3O8/c1-30-47(23-24-48(56-43(54)55)22-16-35-34(42(59)60)13-10-20-52(35,63)53(30,48)64)29-49(61)25-26-50(62)38(33-15-14-31-11-6-7-12-32(31)27-33)40-44(2)18-8-5-9-19-51(49)41(50)39(36(57)28-46(47,51)4)45(40,3)21-17-37(44)58/h6-7,11-12,23-27,30,38,40,61-64H,9-10,13-22,28-29H2,1-4H3,(H,59,60)(H4,54,55,56). The summed E-state index contributed by atoms with van der Waals surface area (Å²) in [6, 6.07) is 8.26. The van der Waals surface area contributed by atoms with Gasteiger partial charge in [-0.15, -0.1) is 11.8 Å². The van der Waals surface area contributed by atoms with E-state index in [0.29, 0.717) is 36.8 Å². The average Bonchev–Trinajstić information content (AvgIpc) is 3.40. The molecule has 4 bridgehead atoms. The van der Waals surface area contributed by atoms with Crippen LogP contribution in [0.15, 0.2) is 81.4 Å². The first-order chi connectivity index (χ1) is 30.1. The lowest BCUT2D eigenvalue weighted by Crippen LogP contribution is -2.78. The Balaban J connectivity index is 1.22. The van der Waals surface area contributed by atoms with E-state index in [1.54, 1.807) is 18.2 Å². The van der Waals surface area contributed by atoms with E-state index in [1.807, 2.05) is 39.0 Å². The zero-order valence-electron chi connectivity index (χ0n) is 37.4. The highest BCUT2D eigenvalue weighted by Crippen LogP contribution is 2.85. The van der Waals surface area contributed by atoms with Gasteiger partial charge in [-0.3, -0.25) is 9.59 Å². The number of hydrogen-bond acceptors (Lipinski definition) is 8. The lowest BCUT2D eigenvalue weighted by Gasteiger charge is -2.71. The zero-order valence-corrected chi connectivity index (χ0v) is 37.4. The van der Waals surface area contributed by atoms with Crippen LogP contribution in [0.25, 0.3) is 6.08 Å². The number of carboxylic acid groups (broad SMARTS) is 1. The van der Waals surface area contributed by atoms with Crippen molar-refractivity contribution in [2.24, 2.45) is 61.3 Å². The number of guanidine groups is 1. The van der Waals surface area contributed by atoms with Gasteiger partial charge in [-0.1, -0.05) is 81.8 Å². The Bertz CT molecular complexity index is 2660. The Kier molecular flexibility index (Phi) is 8.30. The molecule has 336 valence electrons. The highest BCUT2D eigenvalue weighted by Gasteiger charge is 2.86. The van der Waals surface area contributed by atoms with E-state index >= 15 is 4.79 Å². The molecular weight excluding hydrogens is 807 g/mol. The van der Waals surface area contributed by atoms with Crippen LogP contribution in [0.4, 0.5) is 0 Å². The van der Waals surface area contributed by atoms with Gasteiger partial charge in [0.05, 0.1) is 5.60 Å². The third-order valence-electron chi connectivity index (χ3n) is 20.2. The van der Waals surface area contributed by atoms with E-state index in [-0.39, 0.29) is 86.5 Å². The number of carboxylic acids is 1. The molecule has 9 N–H and O–H groups in total. The van der Waals surface area contributed by atoms with Gasteiger partial charge in [-0.25, -0.2) is 9.79 Å². The molecule has 0 amide bonds. The summed E-state index contributed by atoms with van der Waals surface area (Å²) in [5.41, 5.74) is 1.85. The Morgan fingerprint density at radius 3 is 2.38 bits per heavy atom. The van der Waals surface area contributed by atoms with Crippen molar-refractivity contribution in [2.45, 2.75) is 146 Å². The van der Waals surface area contributed by atoms with Crippen LogP contribution in [-0.4, -0.2) is 77.0 Å². The van der Waals surface area contributed by atoms with E-state index in [0.717, 1.165) is 17.6 Å². The lowest BCUT2D eigenvalue weighted by atomic mass is 9.33. The van der Waals surface area contributed by atoms with Crippen LogP contribution >= 0.6 is 0 Å². The van der Waals surface area contributed by atoms with Crippen LogP contribution in [0.2, 0.25) is 0 Å². The van der Waals surface area contributed by atoms with Crippen molar-refractivity contribution >= 4 is 29.6 Å². The van der Waals surface area contributed by atoms with Gasteiger partial charge < -0.3 is 37.0 Å². The monoisotopic (exact) mass is 867 g/mol. The Labute approximate surface area is 374 Å². The molecule has 2 spiro atoms. The number of ketones is 2. The number of nitrogens with zero attached hydrogens (tertiary/aromatic N) is 1. The molecule has 1 aromatic rings. The molecule has 3 saturated carbocycles. The molecule has 10 aliphatic carbocycles. The fraction of sp³-hybridized carbons (Fsp3) is 0.585. The summed E-state index contributed by atoms with van der Waals surface area (Å²) in [6.45, 7) is 8.00. The van der Waals surface area contributed by atoms with Crippen LogP contribution in [0.1, 0.15) is 122 Å². The van der Waals surface area contributed by atoms with Crippen molar-refractivity contribution in [3.8, 4) is 11.8 Å². The summed E-state index contributed by atoms with van der Waals surface area (Å²) < 4.78 is 0. The van der Waals surface area contributed by atoms with Crippen molar-refractivity contribution < 1.29 is 39.9 Å². The van der Waals surface area contributed by atoms with Gasteiger partial charge in [0.2, 0.25) is 0 Å². The fourth-order valence-corrected chi connectivity index (χ4v) is 17.7. The summed E-state index contributed by atoms with van der Waals surface area (Å²) in [6.07, 6.45) is 13.1. The Morgan fingerprint density at radius 2 is 1.62 bits per heavy atom. The number of carbonyl (C=O) groups is 3. The number of nitrogens with two attached hydrogens (primary N) is 2. The predicted octanol–water partition coefficient (Wildman–Crippen LogP) is 5.55. The first-order valence-electron chi connectivity index (χ1n) is 23.5. The fourth-order valence-electron chi connectivity index (χ4n) is 17.7. The number of carbonyl (C=O) groups excluding carboxylic acids is 2. The number of aliphatic imine (C=N–C) groups is 1. The summed E-state index contributed by atoms with van der Waals surface area (Å²) >= 11 is 0. The number of hydrogen-bond donors (Lipinski definition) is 7. The number of fused-ring (bicyclic) bond motifs is 6. The van der Waals surface area contributed by atoms with E-state index in [1.165, 1.54) is 5.56 Å². The third-order valence-corrected chi connectivity index (χ3v) is 20.2. The SMILES string of the molecule is CC1C2(C=CC3(N=C(N)N)CCC4=C(C(=O)O)CCCC4(O)C13O)CC1(O)C=CC3(O)C4=C5C(=O)CC2(C)C41CCC#CCC1(C)C(=O)CCC5(C)C1C3C1=Cc2ccccc2CC1. The molecule has 0 aliphatic heterocycles. The largest absolute Gasteiger partial charge is 0.478 e. The first kappa shape index (κ1) is 42.1. The molecule has 11 rings (SSSR count). The minimum atomic E-state index is -2.22. The maximum atomic E-state index is 16.0. The molecule has 13 atom stereocenters. The first-order valence-corrected chi connectivity index (χ1v) is 23.5. The minimum Gasteiger partial charge on any atom is -0.478 e. The zero-order chi connectivity index (χ0) is 45.5. The summed E-state index contributed by atoms with van der Waals surface area (Å²) in [4.78, 5) is 48.2. The third kappa shape index (κ3) is 4.41. The number of benzene rings is 1. The maximum Gasteiger partial charge on any atom is 0.331 e. The molecule has 64 heavy (non-hydrogen) atoms. The van der Waals surface area contributed by atoms with E-state index in [2.05, 4.69) is 37.0 Å². The van der Waals surface area contributed by atoms with Crippen LogP contribution in [0.3, 0.4) is 0 Å². The molecule has 0 aromatic heterocycles. The van der Waals surface area contributed by atoms with Crippen molar-refractivity contribution in [1.29, 1.82) is 0 Å². The van der Waals surface area contributed by atoms with E-state index < -0.39 is 78.7 Å². The number of aryl methyl sites for hydroxylation is 1. The van der Waals surface area contributed by atoms with Crippen LogP contribution < -0.4 is 11.5 Å². The number of Topliss-reactive ketones (excluding diaryl/α,β-unsaturated/α-hetero) is 2. The van der Waals surface area contributed by atoms with E-state index in [4.69, 9.17) is 16.5 Å². The molecule has 3 fully saturated rings. The summed E-state index contributed by atoms with van der Waals surface area (Å²) in [5.74, 6) is 3.21. The van der Waals surface area contributed by atoms with Gasteiger partial charge in [-0.2, -0.15) is 0 Å². The predicted molar refractivity (Wildman–Crippen MR) is 240 cm³/mol. The normalized spacial score (nSPS) is 48.1. The molecule has 1 aromatic carbocycles. The van der Waals surface area contributed by atoms with Gasteiger partial charge in [-0.05, 0) is 104 Å². The number of allylic oxidation sites excluding steroid dienone is 2. The number of aliphatic carboxylic acids is 1. The van der Waals surface area contributed by atoms with Crippen LogP contribution in [0.5, 0.6) is 0 Å². The average molecular weight is 868 g/mol. The lowest BCUT2D eigenvalue weighted by molar-refractivity contribution is -0.242. The number of rotatable bonds is 3. The highest BCUT2D eigenvalue weighted by atomic mass is 16.4. The van der Waals surface area contributed by atoms with Gasteiger partial charge in [0, 0.05) is 70.3 Å². The minimum absolute atomic E-state index is 0.0104. The second kappa shape index (κ2) is 12.6. The molecule has 0 radical (unpaired) electrons. The Hall–Kier alpha value is -4.60. The molecule has 0 heterocycles. The van der Waals surface area contributed by atoms with Crippen molar-refractivity contribution in [3.05, 3.63) is 87.6 Å². The maximum absolute atomic E-state index is 16.0. The van der Waals surface area contributed by atoms with Crippen molar-refractivity contribution in [1.82, 2.24) is 0 Å². The van der Waals surface area contributed by atoms with Crippen molar-refractivity contribution in [2.75, 3.05) is 0 Å². The van der Waals surface area contributed by atoms with Gasteiger partial charge >= 0.3 is 5.97 Å². The van der Waals surface area contributed by atoms with Gasteiger partial charge in [0.25, 0.3) is 0 Å². The quantitative estimate of drug-likeness (QED) is 0.0871. The smallest absolute Gasteiger partial charge is 0.331 e. The Morgan fingerprint density at radius 1 is 0.859 bits per heavy atom. The molecule has 11 heteroatoms. The van der Waals surface area contributed by atoms with Crippen LogP contribution in [0, 0.1) is 56.7 Å². The van der Waals surface area contributed by atoms with Crippen molar-refractivity contribution in [3.63, 3.8) is 0 Å². The number of aliphatic hydroxyl groups is 4. The van der Waals surface area contributed by atoms with Crippen LogP contribution in [-0.2, 0) is 20.8 Å². The molecular formula is C53H61N3O8. The van der Waals surface area contributed by atoms with E-state index in [9.17, 15) is 35.1 Å². The summed E-state index contributed by atoms with van der Waals surface area (Å²) in [7, 11) is 0. The second-order valence-electron chi connectivity index (χ2n) is 22.3. The summed E-state index contributed by atoms with van der Waals surface area (Å²) in [5, 5.41) is 66.2. The van der Waals surface area contributed by atoms with Gasteiger partial charge in [0.15, 0.2) is 11.7 Å². The molecule has 0 saturated heterocycles. The topological polar surface area (TPSA) is 217 Å². The second-order valence-corrected chi connectivity index (χ2v) is 22.3.